The molecule has 0 atom stereocenters. The Labute approximate surface area is 110 Å². The fourth-order valence-corrected chi connectivity index (χ4v) is 1.82. The van der Waals surface area contributed by atoms with Gasteiger partial charge in [0.05, 0.1) is 0 Å². The predicted octanol–water partition coefficient (Wildman–Crippen LogP) is 2.69. The average Bonchev–Trinajstić information content (AvgIpc) is 2.86. The minimum atomic E-state index is 0.507. The van der Waals surface area contributed by atoms with Crippen LogP contribution in [0, 0.1) is 6.92 Å². The smallest absolute Gasteiger partial charge is 0.247 e. The van der Waals surface area contributed by atoms with Gasteiger partial charge in [0.1, 0.15) is 5.82 Å². The summed E-state index contributed by atoms with van der Waals surface area (Å²) in [5, 5.41) is 7.84. The third-order valence-electron chi connectivity index (χ3n) is 2.76. The summed E-state index contributed by atoms with van der Waals surface area (Å²) in [6.45, 7) is 1.77. The van der Waals surface area contributed by atoms with E-state index in [0.29, 0.717) is 17.6 Å². The molecular weight excluding hydrogens is 240 g/mol. The lowest BCUT2D eigenvalue weighted by atomic mass is 10.0. The summed E-state index contributed by atoms with van der Waals surface area (Å²) in [5.41, 5.74) is 8.49. The zero-order chi connectivity index (χ0) is 13.2. The van der Waals surface area contributed by atoms with Gasteiger partial charge in [-0.05, 0) is 29.8 Å². The number of hydrogen-bond acceptors (Lipinski definition) is 5. The summed E-state index contributed by atoms with van der Waals surface area (Å²) >= 11 is 0. The molecule has 0 saturated heterocycles. The summed E-state index contributed by atoms with van der Waals surface area (Å²) in [5.74, 6) is 1.57. The van der Waals surface area contributed by atoms with Crippen molar-refractivity contribution in [2.45, 2.75) is 6.92 Å². The number of benzene rings is 1. The van der Waals surface area contributed by atoms with Crippen molar-refractivity contribution in [3.8, 4) is 22.6 Å². The van der Waals surface area contributed by atoms with E-state index in [1.165, 1.54) is 0 Å². The molecule has 5 heteroatoms. The second kappa shape index (κ2) is 4.53. The predicted molar refractivity (Wildman–Crippen MR) is 72.1 cm³/mol. The average molecular weight is 252 g/mol. The van der Waals surface area contributed by atoms with E-state index >= 15 is 0 Å². The highest BCUT2D eigenvalue weighted by Crippen LogP contribution is 2.25. The Hall–Kier alpha value is -2.69. The van der Waals surface area contributed by atoms with Crippen molar-refractivity contribution in [1.82, 2.24) is 15.2 Å². The monoisotopic (exact) mass is 252 g/mol. The molecule has 0 fully saturated rings. The molecule has 0 bridgehead atoms. The molecule has 0 aliphatic rings. The zero-order valence-electron chi connectivity index (χ0n) is 10.4. The normalized spacial score (nSPS) is 10.6. The number of nitrogen functional groups attached to an aromatic ring is 1. The molecule has 0 unspecified atom stereocenters. The summed E-state index contributed by atoms with van der Waals surface area (Å²) in [4.78, 5) is 4.09. The maximum absolute atomic E-state index is 5.58. The molecule has 94 valence electrons. The van der Waals surface area contributed by atoms with E-state index in [4.69, 9.17) is 10.2 Å². The van der Waals surface area contributed by atoms with Crippen LogP contribution in [0.2, 0.25) is 0 Å². The number of anilines is 1. The van der Waals surface area contributed by atoms with Crippen molar-refractivity contribution in [1.29, 1.82) is 0 Å². The number of aromatic nitrogens is 3. The minimum Gasteiger partial charge on any atom is -0.421 e. The second-order valence-electron chi connectivity index (χ2n) is 4.18. The molecule has 3 rings (SSSR count). The van der Waals surface area contributed by atoms with Crippen molar-refractivity contribution in [2.24, 2.45) is 0 Å². The van der Waals surface area contributed by atoms with Gasteiger partial charge in [-0.1, -0.05) is 12.1 Å². The zero-order valence-corrected chi connectivity index (χ0v) is 10.4. The summed E-state index contributed by atoms with van der Waals surface area (Å²) in [6.07, 6.45) is 1.74. The highest BCUT2D eigenvalue weighted by molar-refractivity contribution is 5.69. The van der Waals surface area contributed by atoms with Crippen molar-refractivity contribution in [3.05, 3.63) is 48.5 Å². The maximum Gasteiger partial charge on any atom is 0.247 e. The first-order valence-electron chi connectivity index (χ1n) is 5.85. The van der Waals surface area contributed by atoms with Gasteiger partial charge in [-0.2, -0.15) is 0 Å². The van der Waals surface area contributed by atoms with E-state index in [1.807, 2.05) is 30.3 Å². The van der Waals surface area contributed by atoms with Gasteiger partial charge in [0.2, 0.25) is 11.8 Å². The van der Waals surface area contributed by atoms with Gasteiger partial charge in [0.25, 0.3) is 0 Å². The van der Waals surface area contributed by atoms with Crippen LogP contribution in [0.15, 0.2) is 47.0 Å². The highest BCUT2D eigenvalue weighted by Gasteiger charge is 2.07. The minimum absolute atomic E-state index is 0.507. The molecule has 0 amide bonds. The molecule has 2 N–H and O–H groups in total. The van der Waals surface area contributed by atoms with Crippen molar-refractivity contribution in [3.63, 3.8) is 0 Å². The summed E-state index contributed by atoms with van der Waals surface area (Å²) < 4.78 is 5.42. The quantitative estimate of drug-likeness (QED) is 0.758. The maximum atomic E-state index is 5.58. The molecule has 0 aliphatic heterocycles. The molecule has 2 aromatic heterocycles. The Morgan fingerprint density at radius 3 is 2.53 bits per heavy atom. The molecule has 0 spiro atoms. The molecule has 2 heterocycles. The third-order valence-corrected chi connectivity index (χ3v) is 2.76. The molecule has 0 radical (unpaired) electrons. The molecule has 3 aromatic rings. The number of pyridine rings is 1. The van der Waals surface area contributed by atoms with Crippen LogP contribution < -0.4 is 5.73 Å². The second-order valence-corrected chi connectivity index (χ2v) is 4.18. The van der Waals surface area contributed by atoms with E-state index in [1.54, 1.807) is 19.2 Å². The van der Waals surface area contributed by atoms with Crippen LogP contribution in [0.3, 0.4) is 0 Å². The summed E-state index contributed by atoms with van der Waals surface area (Å²) in [6, 6.07) is 11.6. The number of aryl methyl sites for hydroxylation is 1. The van der Waals surface area contributed by atoms with Crippen molar-refractivity contribution >= 4 is 5.82 Å². The van der Waals surface area contributed by atoms with E-state index < -0.39 is 0 Å². The fourth-order valence-electron chi connectivity index (χ4n) is 1.82. The van der Waals surface area contributed by atoms with Crippen LogP contribution in [-0.2, 0) is 0 Å². The van der Waals surface area contributed by atoms with Crippen molar-refractivity contribution in [2.75, 3.05) is 5.73 Å². The molecular formula is C14H12N4O. The van der Waals surface area contributed by atoms with Gasteiger partial charge < -0.3 is 10.2 Å². The Balaban J connectivity index is 2.02. The van der Waals surface area contributed by atoms with Crippen molar-refractivity contribution < 1.29 is 4.42 Å². The number of nitrogens with zero attached hydrogens (tertiary/aromatic N) is 3. The first-order valence-corrected chi connectivity index (χ1v) is 5.85. The summed E-state index contributed by atoms with van der Waals surface area (Å²) in [7, 11) is 0. The van der Waals surface area contributed by atoms with Gasteiger partial charge in [-0.3, -0.25) is 0 Å². The number of hydrogen-bond donors (Lipinski definition) is 1. The molecule has 19 heavy (non-hydrogen) atoms. The molecule has 0 saturated carbocycles. The first-order chi connectivity index (χ1) is 9.22. The van der Waals surface area contributed by atoms with Crippen LogP contribution >= 0.6 is 0 Å². The van der Waals surface area contributed by atoms with Crippen LogP contribution in [0.4, 0.5) is 5.82 Å². The Morgan fingerprint density at radius 1 is 1.00 bits per heavy atom. The fraction of sp³-hybridized carbons (Fsp3) is 0.0714. The van der Waals surface area contributed by atoms with E-state index in [0.717, 1.165) is 16.7 Å². The van der Waals surface area contributed by atoms with Gasteiger partial charge >= 0.3 is 0 Å². The molecule has 0 aliphatic carbocycles. The van der Waals surface area contributed by atoms with Crippen LogP contribution in [-0.4, -0.2) is 15.2 Å². The Bertz CT molecular complexity index is 703. The SMILES string of the molecule is Cc1nnc(-c2cccc(-c3ccc(N)nc3)c2)o1. The standard InChI is InChI=1S/C14H12N4O/c1-9-17-18-14(19-9)11-4-2-3-10(7-11)12-5-6-13(15)16-8-12/h2-8H,1H3,(H2,15,16). The molecule has 5 nitrogen and oxygen atoms in total. The van der Waals surface area contributed by atoms with E-state index in [-0.39, 0.29) is 0 Å². The van der Waals surface area contributed by atoms with E-state index in [9.17, 15) is 0 Å². The topological polar surface area (TPSA) is 77.8 Å². The lowest BCUT2D eigenvalue weighted by Crippen LogP contribution is -1.89. The Kier molecular flexibility index (Phi) is 2.72. The van der Waals surface area contributed by atoms with Gasteiger partial charge in [-0.15, -0.1) is 10.2 Å². The lowest BCUT2D eigenvalue weighted by molar-refractivity contribution is 0.533. The van der Waals surface area contributed by atoms with Gasteiger partial charge in [0, 0.05) is 24.2 Å². The van der Waals surface area contributed by atoms with Gasteiger partial charge in [0.15, 0.2) is 0 Å². The van der Waals surface area contributed by atoms with E-state index in [2.05, 4.69) is 15.2 Å². The highest BCUT2D eigenvalue weighted by atomic mass is 16.4. The van der Waals surface area contributed by atoms with Crippen LogP contribution in [0.1, 0.15) is 5.89 Å². The number of nitrogens with two attached hydrogens (primary N) is 1. The Morgan fingerprint density at radius 2 is 1.84 bits per heavy atom. The lowest BCUT2D eigenvalue weighted by Gasteiger charge is -2.03. The van der Waals surface area contributed by atoms with Crippen LogP contribution in [0.25, 0.3) is 22.6 Å². The molecule has 1 aromatic carbocycles. The van der Waals surface area contributed by atoms with Crippen LogP contribution in [0.5, 0.6) is 0 Å². The third kappa shape index (κ3) is 2.30. The number of rotatable bonds is 2. The van der Waals surface area contributed by atoms with Gasteiger partial charge in [-0.25, -0.2) is 4.98 Å². The largest absolute Gasteiger partial charge is 0.421 e. The first kappa shape index (κ1) is 11.4.